The maximum absolute atomic E-state index is 12.9. The summed E-state index contributed by atoms with van der Waals surface area (Å²) in [7, 11) is 0. The molecule has 0 aromatic heterocycles. The molecule has 0 spiro atoms. The van der Waals surface area contributed by atoms with Gasteiger partial charge in [0.25, 0.3) is 5.91 Å². The number of hydrogen-bond donors (Lipinski definition) is 2. The number of carbonyl (C=O) groups is 2. The van der Waals surface area contributed by atoms with E-state index in [0.29, 0.717) is 5.56 Å². The third-order valence-electron chi connectivity index (χ3n) is 3.31. The van der Waals surface area contributed by atoms with E-state index in [1.165, 1.54) is 25.1 Å². The minimum absolute atomic E-state index is 0.247. The summed E-state index contributed by atoms with van der Waals surface area (Å²) in [6, 6.07) is 13.0. The number of hydrogen-bond acceptors (Lipinski definition) is 3. The molecule has 5 nitrogen and oxygen atoms in total. The second kappa shape index (κ2) is 8.28. The zero-order valence-corrected chi connectivity index (χ0v) is 13.8. The van der Waals surface area contributed by atoms with Crippen LogP contribution in [0.25, 0.3) is 0 Å². The van der Waals surface area contributed by atoms with E-state index in [4.69, 9.17) is 0 Å². The molecule has 136 valence electrons. The Hall–Kier alpha value is -3.16. The first kappa shape index (κ1) is 19.2. The number of hydrazone groups is 1. The number of halogens is 3. The zero-order chi connectivity index (χ0) is 19.2. The molecule has 0 unspecified atom stereocenters. The quantitative estimate of drug-likeness (QED) is 0.626. The Labute approximate surface area is 147 Å². The van der Waals surface area contributed by atoms with Crippen LogP contribution in [0.2, 0.25) is 0 Å². The second-order valence-corrected chi connectivity index (χ2v) is 5.42. The monoisotopic (exact) mass is 363 g/mol. The summed E-state index contributed by atoms with van der Waals surface area (Å²) in [6.07, 6.45) is -4.84. The van der Waals surface area contributed by atoms with Crippen molar-refractivity contribution in [1.82, 2.24) is 5.43 Å². The standard InChI is InChI=1S/C18H16F3N3O2/c1-12(23-24-17(26)13-7-3-2-4-8-13)11-16(25)22-15-10-6-5-9-14(15)18(19,20)21/h2-10H,11H2,1H3,(H,22,25)(H,24,26)/b23-12-. The lowest BCUT2D eigenvalue weighted by Crippen LogP contribution is -2.22. The summed E-state index contributed by atoms with van der Waals surface area (Å²) in [5, 5.41) is 6.00. The van der Waals surface area contributed by atoms with Gasteiger partial charge in [-0.2, -0.15) is 18.3 Å². The third kappa shape index (κ3) is 5.44. The summed E-state index contributed by atoms with van der Waals surface area (Å²) in [4.78, 5) is 23.8. The fourth-order valence-electron chi connectivity index (χ4n) is 2.11. The Balaban J connectivity index is 1.97. The number of alkyl halides is 3. The first-order valence-corrected chi connectivity index (χ1v) is 7.62. The lowest BCUT2D eigenvalue weighted by atomic mass is 10.1. The van der Waals surface area contributed by atoms with Crippen LogP contribution in [-0.4, -0.2) is 17.5 Å². The van der Waals surface area contributed by atoms with Crippen LogP contribution in [0.15, 0.2) is 59.7 Å². The molecule has 0 atom stereocenters. The lowest BCUT2D eigenvalue weighted by Gasteiger charge is -2.13. The lowest BCUT2D eigenvalue weighted by molar-refractivity contribution is -0.137. The van der Waals surface area contributed by atoms with Gasteiger partial charge in [-0.25, -0.2) is 5.43 Å². The first-order chi connectivity index (χ1) is 12.3. The number of para-hydroxylation sites is 1. The fourth-order valence-corrected chi connectivity index (χ4v) is 2.11. The molecular weight excluding hydrogens is 347 g/mol. The maximum Gasteiger partial charge on any atom is 0.418 e. The molecule has 2 aromatic rings. The molecule has 0 radical (unpaired) electrons. The van der Waals surface area contributed by atoms with Gasteiger partial charge >= 0.3 is 6.18 Å². The summed E-state index contributed by atoms with van der Waals surface area (Å²) in [6.45, 7) is 1.49. The van der Waals surface area contributed by atoms with Crippen LogP contribution in [0.1, 0.15) is 29.3 Å². The highest BCUT2D eigenvalue weighted by Crippen LogP contribution is 2.34. The number of amides is 2. The minimum Gasteiger partial charge on any atom is -0.325 e. The summed E-state index contributed by atoms with van der Waals surface area (Å²) >= 11 is 0. The van der Waals surface area contributed by atoms with Crippen LogP contribution in [0.3, 0.4) is 0 Å². The van der Waals surface area contributed by atoms with Crippen molar-refractivity contribution in [1.29, 1.82) is 0 Å². The van der Waals surface area contributed by atoms with Crippen LogP contribution in [0.5, 0.6) is 0 Å². The summed E-state index contributed by atoms with van der Waals surface area (Å²) in [5.41, 5.74) is 1.68. The Morgan fingerprint density at radius 3 is 2.27 bits per heavy atom. The zero-order valence-electron chi connectivity index (χ0n) is 13.8. The van der Waals surface area contributed by atoms with E-state index < -0.39 is 23.6 Å². The van der Waals surface area contributed by atoms with E-state index in [1.807, 2.05) is 0 Å². The van der Waals surface area contributed by atoms with Crippen molar-refractivity contribution < 1.29 is 22.8 Å². The topological polar surface area (TPSA) is 70.6 Å². The summed E-state index contributed by atoms with van der Waals surface area (Å²) in [5.74, 6) is -1.12. The van der Waals surface area contributed by atoms with E-state index in [9.17, 15) is 22.8 Å². The second-order valence-electron chi connectivity index (χ2n) is 5.42. The Morgan fingerprint density at radius 2 is 1.62 bits per heavy atom. The van der Waals surface area contributed by atoms with Gasteiger partial charge in [0.2, 0.25) is 5.91 Å². The van der Waals surface area contributed by atoms with E-state index in [1.54, 1.807) is 30.3 Å². The van der Waals surface area contributed by atoms with Crippen LogP contribution < -0.4 is 10.7 Å². The number of nitrogens with one attached hydrogen (secondary N) is 2. The van der Waals surface area contributed by atoms with Gasteiger partial charge < -0.3 is 5.32 Å². The van der Waals surface area contributed by atoms with E-state index in [0.717, 1.165) is 6.07 Å². The molecule has 26 heavy (non-hydrogen) atoms. The molecule has 2 N–H and O–H groups in total. The molecule has 2 aromatic carbocycles. The first-order valence-electron chi connectivity index (χ1n) is 7.62. The van der Waals surface area contributed by atoms with Crippen molar-refractivity contribution in [2.45, 2.75) is 19.5 Å². The van der Waals surface area contributed by atoms with Gasteiger partial charge in [0.05, 0.1) is 17.7 Å². The molecule has 0 aliphatic carbocycles. The molecule has 0 fully saturated rings. The normalized spacial score (nSPS) is 11.8. The molecule has 2 amide bonds. The van der Waals surface area contributed by atoms with Gasteiger partial charge in [-0.05, 0) is 31.2 Å². The molecule has 0 saturated heterocycles. The molecular formula is C18H16F3N3O2. The molecule has 8 heteroatoms. The molecule has 2 rings (SSSR count). The van der Waals surface area contributed by atoms with Crippen molar-refractivity contribution in [2.24, 2.45) is 5.10 Å². The van der Waals surface area contributed by atoms with Crippen LogP contribution in [0.4, 0.5) is 18.9 Å². The van der Waals surface area contributed by atoms with E-state index in [-0.39, 0.29) is 17.8 Å². The molecule has 0 aliphatic heterocycles. The average Bonchev–Trinajstić information content (AvgIpc) is 2.60. The Bertz CT molecular complexity index is 818. The minimum atomic E-state index is -4.57. The van der Waals surface area contributed by atoms with Crippen LogP contribution in [-0.2, 0) is 11.0 Å². The van der Waals surface area contributed by atoms with Gasteiger partial charge in [0, 0.05) is 11.3 Å². The van der Waals surface area contributed by atoms with Crippen LogP contribution in [0, 0.1) is 0 Å². The van der Waals surface area contributed by atoms with E-state index in [2.05, 4.69) is 15.8 Å². The number of anilines is 1. The van der Waals surface area contributed by atoms with Crippen molar-refractivity contribution in [3.63, 3.8) is 0 Å². The van der Waals surface area contributed by atoms with Gasteiger partial charge in [-0.15, -0.1) is 0 Å². The highest BCUT2D eigenvalue weighted by molar-refractivity contribution is 6.06. The number of carbonyl (C=O) groups excluding carboxylic acids is 2. The van der Waals surface area contributed by atoms with Crippen LogP contribution >= 0.6 is 0 Å². The SMILES string of the molecule is C/C(CC(=O)Nc1ccccc1C(F)(F)F)=N/NC(=O)c1ccccc1. The van der Waals surface area contributed by atoms with Gasteiger partial charge in [0.1, 0.15) is 0 Å². The predicted octanol–water partition coefficient (Wildman–Crippen LogP) is 3.84. The largest absolute Gasteiger partial charge is 0.418 e. The molecule has 0 bridgehead atoms. The highest BCUT2D eigenvalue weighted by atomic mass is 19.4. The number of nitrogens with zero attached hydrogens (tertiary/aromatic N) is 1. The van der Waals surface area contributed by atoms with Crippen molar-refractivity contribution >= 4 is 23.2 Å². The van der Waals surface area contributed by atoms with Gasteiger partial charge in [-0.3, -0.25) is 9.59 Å². The predicted molar refractivity (Wildman–Crippen MR) is 91.7 cm³/mol. The van der Waals surface area contributed by atoms with Crippen molar-refractivity contribution in [3.05, 3.63) is 65.7 Å². The maximum atomic E-state index is 12.9. The fraction of sp³-hybridized carbons (Fsp3) is 0.167. The number of benzene rings is 2. The highest BCUT2D eigenvalue weighted by Gasteiger charge is 2.33. The van der Waals surface area contributed by atoms with Gasteiger partial charge in [0.15, 0.2) is 0 Å². The van der Waals surface area contributed by atoms with Crippen molar-refractivity contribution in [2.75, 3.05) is 5.32 Å². The molecule has 0 heterocycles. The molecule has 0 aliphatic rings. The Kier molecular flexibility index (Phi) is 6.11. The number of rotatable bonds is 5. The average molecular weight is 363 g/mol. The van der Waals surface area contributed by atoms with Gasteiger partial charge in [-0.1, -0.05) is 30.3 Å². The molecule has 0 saturated carbocycles. The third-order valence-corrected chi connectivity index (χ3v) is 3.31. The van der Waals surface area contributed by atoms with E-state index >= 15 is 0 Å². The smallest absolute Gasteiger partial charge is 0.325 e. The summed E-state index contributed by atoms with van der Waals surface area (Å²) < 4.78 is 38.7. The van der Waals surface area contributed by atoms with Crippen molar-refractivity contribution in [3.8, 4) is 0 Å². The Morgan fingerprint density at radius 1 is 1.00 bits per heavy atom.